The Balaban J connectivity index is 2.05. The number of aromatic nitrogens is 1. The van der Waals surface area contributed by atoms with Gasteiger partial charge in [-0.2, -0.15) is 22.5 Å². The summed E-state index contributed by atoms with van der Waals surface area (Å²) in [5.74, 6) is -6.46. The molecular weight excluding hydrogens is 328 g/mol. The van der Waals surface area contributed by atoms with E-state index in [0.29, 0.717) is 0 Å². The third-order valence-corrected chi connectivity index (χ3v) is 4.18. The van der Waals surface area contributed by atoms with Gasteiger partial charge < -0.3 is 9.80 Å². The molecule has 0 atom stereocenters. The van der Waals surface area contributed by atoms with Gasteiger partial charge in [0.15, 0.2) is 0 Å². The minimum Gasteiger partial charge on any atom is -0.363 e. The second-order valence-corrected chi connectivity index (χ2v) is 5.50. The summed E-state index contributed by atoms with van der Waals surface area (Å²) in [6, 6.07) is 0. The van der Waals surface area contributed by atoms with E-state index in [9.17, 15) is 22.4 Å². The number of anilines is 1. The molecule has 134 valence electrons. The highest BCUT2D eigenvalue weighted by molar-refractivity contribution is 5.78. The maximum absolute atomic E-state index is 13.8. The highest BCUT2D eigenvalue weighted by atomic mass is 19.2. The maximum atomic E-state index is 13.8. The third-order valence-electron chi connectivity index (χ3n) is 4.18. The molecule has 1 saturated heterocycles. The average molecular weight is 348 g/mol. The van der Waals surface area contributed by atoms with Crippen LogP contribution in [0.15, 0.2) is 0 Å². The molecule has 1 fully saturated rings. The Morgan fingerprint density at radius 1 is 1.00 bits per heavy atom. The first-order valence-corrected chi connectivity index (χ1v) is 7.84. The lowest BCUT2D eigenvalue weighted by Crippen LogP contribution is -2.51. The van der Waals surface area contributed by atoms with Crippen LogP contribution in [0.5, 0.6) is 0 Å². The van der Waals surface area contributed by atoms with E-state index in [1.165, 1.54) is 4.90 Å². The molecule has 0 bridgehead atoms. The average Bonchev–Trinajstić information content (AvgIpc) is 2.58. The van der Waals surface area contributed by atoms with Gasteiger partial charge in [-0.25, -0.2) is 0 Å². The molecule has 2 rings (SSSR count). The van der Waals surface area contributed by atoms with Crippen molar-refractivity contribution in [3.8, 4) is 0 Å². The van der Waals surface area contributed by atoms with Gasteiger partial charge in [0.25, 0.3) is 11.9 Å². The van der Waals surface area contributed by atoms with Gasteiger partial charge in [0.2, 0.25) is 17.5 Å². The van der Waals surface area contributed by atoms with Crippen molar-refractivity contribution in [3.63, 3.8) is 0 Å². The van der Waals surface area contributed by atoms with Crippen molar-refractivity contribution in [1.82, 2.24) is 14.8 Å². The Hall–Kier alpha value is -1.90. The summed E-state index contributed by atoms with van der Waals surface area (Å²) < 4.78 is 54.0. The van der Waals surface area contributed by atoms with Gasteiger partial charge in [0.1, 0.15) is 5.69 Å². The zero-order valence-corrected chi connectivity index (χ0v) is 13.7. The van der Waals surface area contributed by atoms with Crippen molar-refractivity contribution >= 4 is 11.6 Å². The fourth-order valence-electron chi connectivity index (χ4n) is 2.67. The largest absolute Gasteiger partial charge is 0.363 e. The van der Waals surface area contributed by atoms with Crippen LogP contribution in [0.25, 0.3) is 0 Å². The van der Waals surface area contributed by atoms with Gasteiger partial charge in [-0.05, 0) is 13.1 Å². The molecule has 9 heteroatoms. The Kier molecular flexibility index (Phi) is 5.98. The molecule has 1 aliphatic rings. The number of halogens is 4. The van der Waals surface area contributed by atoms with E-state index in [1.807, 2.05) is 18.7 Å². The van der Waals surface area contributed by atoms with E-state index >= 15 is 0 Å². The highest BCUT2D eigenvalue weighted by Gasteiger charge is 2.29. The number of carbonyl (C=O) groups excluding carboxylic acids is 1. The zero-order valence-electron chi connectivity index (χ0n) is 13.7. The second-order valence-electron chi connectivity index (χ2n) is 5.50. The van der Waals surface area contributed by atoms with Crippen molar-refractivity contribution in [2.24, 2.45) is 0 Å². The minimum absolute atomic E-state index is 0.0774. The first-order chi connectivity index (χ1) is 11.4. The number of carbonyl (C=O) groups is 1. The van der Waals surface area contributed by atoms with Gasteiger partial charge in [-0.15, -0.1) is 0 Å². The molecule has 0 saturated carbocycles. The molecule has 24 heavy (non-hydrogen) atoms. The molecule has 1 aromatic rings. The normalized spacial score (nSPS) is 15.3. The summed E-state index contributed by atoms with van der Waals surface area (Å²) >= 11 is 0. The first kappa shape index (κ1) is 18.4. The van der Waals surface area contributed by atoms with E-state index in [0.717, 1.165) is 13.1 Å². The SMILES string of the molecule is CCN(CC)CC(=O)N1CCN(c2c(F)c(F)nc(F)c2F)CC1. The number of amides is 1. The fourth-order valence-corrected chi connectivity index (χ4v) is 2.67. The van der Waals surface area contributed by atoms with Crippen LogP contribution in [0.3, 0.4) is 0 Å². The lowest BCUT2D eigenvalue weighted by molar-refractivity contribution is -0.132. The molecule has 1 aromatic heterocycles. The molecule has 0 unspecified atom stereocenters. The molecule has 2 heterocycles. The van der Waals surface area contributed by atoms with Gasteiger partial charge in [0.05, 0.1) is 6.54 Å². The van der Waals surface area contributed by atoms with E-state index < -0.39 is 29.2 Å². The highest BCUT2D eigenvalue weighted by Crippen LogP contribution is 2.27. The summed E-state index contributed by atoms with van der Waals surface area (Å²) in [6.07, 6.45) is 0. The molecule has 0 radical (unpaired) electrons. The molecular formula is C15H20F4N4O. The topological polar surface area (TPSA) is 39.7 Å². The van der Waals surface area contributed by atoms with Crippen LogP contribution < -0.4 is 4.90 Å². The van der Waals surface area contributed by atoms with Crippen LogP contribution in [0.2, 0.25) is 0 Å². The van der Waals surface area contributed by atoms with Gasteiger partial charge in [-0.1, -0.05) is 13.8 Å². The number of hydrogen-bond donors (Lipinski definition) is 0. The van der Waals surface area contributed by atoms with E-state index in [1.54, 1.807) is 4.90 Å². The van der Waals surface area contributed by atoms with Gasteiger partial charge in [-0.3, -0.25) is 9.69 Å². The number of rotatable bonds is 5. The van der Waals surface area contributed by atoms with Crippen molar-refractivity contribution in [2.75, 3.05) is 50.7 Å². The summed E-state index contributed by atoms with van der Waals surface area (Å²) in [6.45, 7) is 6.28. The number of hydrogen-bond acceptors (Lipinski definition) is 4. The number of piperazine rings is 1. The van der Waals surface area contributed by atoms with E-state index in [4.69, 9.17) is 0 Å². The lowest BCUT2D eigenvalue weighted by atomic mass is 10.2. The molecule has 0 aliphatic carbocycles. The number of nitrogens with zero attached hydrogens (tertiary/aromatic N) is 4. The summed E-state index contributed by atoms with van der Waals surface area (Å²) in [5.41, 5.74) is -0.768. The van der Waals surface area contributed by atoms with Crippen LogP contribution in [-0.2, 0) is 4.79 Å². The van der Waals surface area contributed by atoms with E-state index in [2.05, 4.69) is 4.98 Å². The molecule has 0 aromatic carbocycles. The van der Waals surface area contributed by atoms with Gasteiger partial charge >= 0.3 is 0 Å². The number of pyridine rings is 1. The van der Waals surface area contributed by atoms with Crippen molar-refractivity contribution in [3.05, 3.63) is 23.5 Å². The van der Waals surface area contributed by atoms with Crippen molar-refractivity contribution in [2.45, 2.75) is 13.8 Å². The molecule has 1 aliphatic heterocycles. The molecule has 1 amide bonds. The standard InChI is InChI=1S/C15H20F4N4O/c1-3-21(4-2)9-10(24)22-5-7-23(8-6-22)13-11(16)14(18)20-15(19)12(13)17/h3-9H2,1-2H3. The van der Waals surface area contributed by atoms with Crippen LogP contribution >= 0.6 is 0 Å². The Morgan fingerprint density at radius 3 is 1.96 bits per heavy atom. The first-order valence-electron chi connectivity index (χ1n) is 7.84. The number of likely N-dealkylation sites (N-methyl/N-ethyl adjacent to an activating group) is 1. The predicted molar refractivity (Wildman–Crippen MR) is 80.7 cm³/mol. The minimum atomic E-state index is -1.68. The van der Waals surface area contributed by atoms with Crippen LogP contribution in [0.1, 0.15) is 13.8 Å². The quantitative estimate of drug-likeness (QED) is 0.599. The summed E-state index contributed by atoms with van der Waals surface area (Å²) in [7, 11) is 0. The third kappa shape index (κ3) is 3.77. The van der Waals surface area contributed by atoms with E-state index in [-0.39, 0.29) is 38.6 Å². The predicted octanol–water partition coefficient (Wildman–Crippen LogP) is 1.63. The Morgan fingerprint density at radius 2 is 1.50 bits per heavy atom. The van der Waals surface area contributed by atoms with Gasteiger partial charge in [0, 0.05) is 26.2 Å². The van der Waals surface area contributed by atoms with Crippen LogP contribution in [0.4, 0.5) is 23.2 Å². The Labute approximate surface area is 137 Å². The van der Waals surface area contributed by atoms with Crippen molar-refractivity contribution < 1.29 is 22.4 Å². The van der Waals surface area contributed by atoms with Crippen LogP contribution in [-0.4, -0.2) is 66.5 Å². The van der Waals surface area contributed by atoms with Crippen molar-refractivity contribution in [1.29, 1.82) is 0 Å². The molecule has 5 nitrogen and oxygen atoms in total. The molecule has 0 spiro atoms. The fraction of sp³-hybridized carbons (Fsp3) is 0.600. The Bertz CT molecular complexity index is 575. The zero-order chi connectivity index (χ0) is 17.9. The lowest BCUT2D eigenvalue weighted by Gasteiger charge is -2.37. The molecule has 0 N–H and O–H groups in total. The monoisotopic (exact) mass is 348 g/mol. The second kappa shape index (κ2) is 7.78. The summed E-state index contributed by atoms with van der Waals surface area (Å²) in [4.78, 5) is 19.5. The maximum Gasteiger partial charge on any atom is 0.253 e. The van der Waals surface area contributed by atoms with Crippen LogP contribution in [0, 0.1) is 23.5 Å². The smallest absolute Gasteiger partial charge is 0.253 e. The summed E-state index contributed by atoms with van der Waals surface area (Å²) in [5, 5.41) is 0.